The highest BCUT2D eigenvalue weighted by molar-refractivity contribution is 6.23. The molecule has 0 aromatic heterocycles. The maximum atomic E-state index is 14.5. The molecule has 2 atom stereocenters. The Hall–Kier alpha value is -6.96. The number of Topliss-reactive ketones (excluding diaryl/α,β-unsaturated/α-hetero) is 1. The van der Waals surface area contributed by atoms with Crippen LogP contribution in [0.2, 0.25) is 0 Å². The molecule has 0 radical (unpaired) electrons. The zero-order chi connectivity index (χ0) is 47.0. The molecular formula is C51H57N3O11. The number of ether oxygens (including phenoxy) is 4. The molecule has 14 nitrogen and oxygen atoms in total. The number of amides is 2. The van der Waals surface area contributed by atoms with Crippen molar-refractivity contribution in [3.8, 4) is 22.6 Å². The Morgan fingerprint density at radius 1 is 0.846 bits per heavy atom. The number of fused-ring (bicyclic) bond motifs is 3. The summed E-state index contributed by atoms with van der Waals surface area (Å²) in [5, 5.41) is 23.6. The molecule has 65 heavy (non-hydrogen) atoms. The molecule has 0 saturated heterocycles. The second-order valence-electron chi connectivity index (χ2n) is 17.6. The number of benzene rings is 4. The van der Waals surface area contributed by atoms with Gasteiger partial charge in [0.15, 0.2) is 5.78 Å². The molecule has 4 aromatic carbocycles. The van der Waals surface area contributed by atoms with Crippen LogP contribution in [0.5, 0.6) is 11.5 Å². The van der Waals surface area contributed by atoms with Gasteiger partial charge in [-0.3, -0.25) is 19.4 Å². The molecule has 2 amide bonds. The van der Waals surface area contributed by atoms with Crippen molar-refractivity contribution in [1.82, 2.24) is 10.2 Å². The molecule has 2 aliphatic rings. The van der Waals surface area contributed by atoms with Crippen molar-refractivity contribution in [2.24, 2.45) is 16.3 Å². The molecule has 0 bridgehead atoms. The lowest BCUT2D eigenvalue weighted by Gasteiger charge is -2.31. The predicted octanol–water partition coefficient (Wildman–Crippen LogP) is 8.87. The van der Waals surface area contributed by atoms with E-state index in [1.54, 1.807) is 42.5 Å². The molecule has 0 heterocycles. The Morgan fingerprint density at radius 3 is 2.08 bits per heavy atom. The van der Waals surface area contributed by atoms with Crippen LogP contribution in [0.4, 0.5) is 10.5 Å². The van der Waals surface area contributed by atoms with Gasteiger partial charge in [-0.25, -0.2) is 9.59 Å². The number of ketones is 1. The van der Waals surface area contributed by atoms with E-state index in [1.165, 1.54) is 21.1 Å². The van der Waals surface area contributed by atoms with Gasteiger partial charge < -0.3 is 39.4 Å². The van der Waals surface area contributed by atoms with Gasteiger partial charge in [-0.1, -0.05) is 88.4 Å². The van der Waals surface area contributed by atoms with Crippen molar-refractivity contribution in [3.05, 3.63) is 125 Å². The summed E-state index contributed by atoms with van der Waals surface area (Å²) >= 11 is 0. The highest BCUT2D eigenvalue weighted by atomic mass is 16.6. The summed E-state index contributed by atoms with van der Waals surface area (Å²) < 4.78 is 22.2. The van der Waals surface area contributed by atoms with Gasteiger partial charge >= 0.3 is 18.0 Å². The fraction of sp³-hybridized carbons (Fsp3) is 0.373. The third-order valence-corrected chi connectivity index (χ3v) is 11.6. The maximum Gasteiger partial charge on any atom is 0.407 e. The van der Waals surface area contributed by atoms with E-state index < -0.39 is 42.4 Å². The molecule has 0 aliphatic heterocycles. The molecule has 4 aromatic rings. The van der Waals surface area contributed by atoms with E-state index in [4.69, 9.17) is 23.9 Å². The second kappa shape index (κ2) is 20.7. The zero-order valence-corrected chi connectivity index (χ0v) is 37.9. The number of aliphatic hydroxyl groups excluding tert-OH is 1. The number of aliphatic imine (C=N–C) groups is 1. The number of hydrogen-bond acceptors (Lipinski definition) is 11. The molecule has 342 valence electrons. The number of nitrogens with zero attached hydrogens (tertiary/aromatic N) is 2. The molecule has 0 saturated carbocycles. The number of carbonyl (C=O) groups excluding carboxylic acids is 4. The van der Waals surface area contributed by atoms with Crippen LogP contribution in [0.15, 0.2) is 107 Å². The van der Waals surface area contributed by atoms with Crippen LogP contribution in [0.3, 0.4) is 0 Å². The first-order valence-corrected chi connectivity index (χ1v) is 21.6. The van der Waals surface area contributed by atoms with E-state index in [2.05, 4.69) is 5.32 Å². The first-order valence-electron chi connectivity index (χ1n) is 21.6. The number of allylic oxidation sites excluding steroid dienone is 2. The van der Waals surface area contributed by atoms with Crippen molar-refractivity contribution in [3.63, 3.8) is 0 Å². The van der Waals surface area contributed by atoms with Crippen LogP contribution in [0.25, 0.3) is 11.1 Å². The molecule has 2 aliphatic carbocycles. The van der Waals surface area contributed by atoms with Crippen molar-refractivity contribution < 1.29 is 53.1 Å². The first-order chi connectivity index (χ1) is 31.0. The highest BCUT2D eigenvalue weighted by Crippen LogP contribution is 2.44. The van der Waals surface area contributed by atoms with Gasteiger partial charge in [-0.15, -0.1) is 0 Å². The number of carboxylic acids is 1. The summed E-state index contributed by atoms with van der Waals surface area (Å²) in [5.74, 6) is -2.47. The van der Waals surface area contributed by atoms with Gasteiger partial charge in [0.2, 0.25) is 5.91 Å². The number of aliphatic carboxylic acids is 1. The van der Waals surface area contributed by atoms with Gasteiger partial charge in [0, 0.05) is 30.4 Å². The lowest BCUT2D eigenvalue weighted by molar-refractivity contribution is -0.153. The number of esters is 1. The number of methoxy groups -OCH3 is 2. The average Bonchev–Trinajstić information content (AvgIpc) is 3.58. The summed E-state index contributed by atoms with van der Waals surface area (Å²) in [6, 6.07) is 24.3. The quantitative estimate of drug-likeness (QED) is 0.0639. The lowest BCUT2D eigenvalue weighted by Crippen LogP contribution is -2.53. The number of aliphatic hydroxyl groups is 1. The van der Waals surface area contributed by atoms with E-state index in [9.17, 15) is 34.2 Å². The Morgan fingerprint density at radius 2 is 1.49 bits per heavy atom. The predicted molar refractivity (Wildman–Crippen MR) is 244 cm³/mol. The molecule has 14 heteroatoms. The summed E-state index contributed by atoms with van der Waals surface area (Å²) in [7, 11) is 2.91. The van der Waals surface area contributed by atoms with Gasteiger partial charge in [-0.2, -0.15) is 0 Å². The van der Waals surface area contributed by atoms with Gasteiger partial charge in [0.05, 0.1) is 44.2 Å². The average molecular weight is 888 g/mol. The minimum absolute atomic E-state index is 0.0417. The monoisotopic (exact) mass is 887 g/mol. The summed E-state index contributed by atoms with van der Waals surface area (Å²) in [5.41, 5.74) is 5.99. The highest BCUT2D eigenvalue weighted by Gasteiger charge is 2.37. The summed E-state index contributed by atoms with van der Waals surface area (Å²) in [4.78, 5) is 73.2. The normalized spacial score (nSPS) is 15.4. The van der Waals surface area contributed by atoms with Gasteiger partial charge in [0.25, 0.3) is 0 Å². The van der Waals surface area contributed by atoms with Crippen LogP contribution < -0.4 is 14.8 Å². The topological polar surface area (TPSA) is 190 Å². The molecule has 0 spiro atoms. The minimum Gasteiger partial charge on any atom is -0.511 e. The zero-order valence-electron chi connectivity index (χ0n) is 37.9. The fourth-order valence-corrected chi connectivity index (χ4v) is 8.31. The van der Waals surface area contributed by atoms with E-state index in [1.807, 2.05) is 76.2 Å². The van der Waals surface area contributed by atoms with Crippen molar-refractivity contribution >= 4 is 41.1 Å². The molecule has 0 unspecified atom stereocenters. The van der Waals surface area contributed by atoms with E-state index >= 15 is 0 Å². The van der Waals surface area contributed by atoms with E-state index in [0.29, 0.717) is 53.3 Å². The lowest BCUT2D eigenvalue weighted by atomic mass is 9.75. The summed E-state index contributed by atoms with van der Waals surface area (Å²) in [6.45, 7) is 8.70. The fourth-order valence-electron chi connectivity index (χ4n) is 8.31. The third-order valence-electron chi connectivity index (χ3n) is 11.6. The smallest absolute Gasteiger partial charge is 0.407 e. The third kappa shape index (κ3) is 11.6. The van der Waals surface area contributed by atoms with Crippen molar-refractivity contribution in [2.75, 3.05) is 20.8 Å². The van der Waals surface area contributed by atoms with E-state index in [0.717, 1.165) is 27.2 Å². The van der Waals surface area contributed by atoms with Crippen LogP contribution >= 0.6 is 0 Å². The number of rotatable bonds is 18. The Bertz CT molecular complexity index is 2450. The van der Waals surface area contributed by atoms with Gasteiger partial charge in [0.1, 0.15) is 42.6 Å². The SMILES string of the molecule is COc1ccc(CN(C(=O)[C@H](CC(=O)OCc2ccc(N=C(CC(C)C)C3=C(O)CC(C)(C)CC3=O)cc2)NC(=O)OCC2c3ccccc3-c3ccccc32)[C@@H](C)C(=O)O)c(OC)c1. The maximum absolute atomic E-state index is 14.5. The Kier molecular flexibility index (Phi) is 15.1. The molecule has 3 N–H and O–H groups in total. The second-order valence-corrected chi connectivity index (χ2v) is 17.6. The van der Waals surface area contributed by atoms with Crippen LogP contribution in [-0.2, 0) is 41.8 Å². The molecule has 0 fully saturated rings. The number of nitrogens with one attached hydrogen (secondary N) is 1. The van der Waals surface area contributed by atoms with Gasteiger partial charge in [-0.05, 0) is 76.8 Å². The molecular weight excluding hydrogens is 831 g/mol. The van der Waals surface area contributed by atoms with Crippen LogP contribution in [-0.4, -0.2) is 83.5 Å². The number of alkyl carbamates (subject to hydrolysis) is 1. The number of hydrogen-bond donors (Lipinski definition) is 3. The van der Waals surface area contributed by atoms with E-state index in [-0.39, 0.29) is 54.1 Å². The first kappa shape index (κ1) is 47.5. The largest absolute Gasteiger partial charge is 0.511 e. The minimum atomic E-state index is -1.60. The summed E-state index contributed by atoms with van der Waals surface area (Å²) in [6.07, 6.45) is -0.493. The standard InChI is InChI=1S/C51H57N3O11/c1-30(2)22-41(47-43(55)25-51(4,5)26-44(47)56)52-34-19-16-32(17-20-34)28-64-46(57)24-42(48(58)54(31(3)49(59)60)27-33-18-21-35(62-6)23-45(33)63-7)53-50(61)65-29-40-38-14-10-8-12-36(38)37-13-9-11-15-39(37)40/h8-21,23,30-31,40,42,55H,22,24-29H2,1-7H3,(H,53,61)(H,59,60)/t31-,42-/m0/s1. The van der Waals surface area contributed by atoms with Crippen LogP contribution in [0.1, 0.15) is 88.5 Å². The van der Waals surface area contributed by atoms with Crippen molar-refractivity contribution in [1.29, 1.82) is 0 Å². The Labute approximate surface area is 379 Å². The van der Waals surface area contributed by atoms with Crippen LogP contribution in [0, 0.1) is 11.3 Å². The number of carbonyl (C=O) groups is 5. The number of carboxylic acid groups (broad SMARTS) is 1. The van der Waals surface area contributed by atoms with Crippen molar-refractivity contribution in [2.45, 2.75) is 91.5 Å². The Balaban J connectivity index is 1.20. The molecule has 6 rings (SSSR count).